The van der Waals surface area contributed by atoms with Crippen LogP contribution in [0, 0.1) is 5.82 Å². The molecule has 3 aromatic carbocycles. The zero-order chi connectivity index (χ0) is 23.1. The van der Waals surface area contributed by atoms with E-state index >= 15 is 0 Å². The van der Waals surface area contributed by atoms with E-state index in [9.17, 15) is 19.1 Å². The summed E-state index contributed by atoms with van der Waals surface area (Å²) < 4.78 is 19.4. The van der Waals surface area contributed by atoms with Crippen LogP contribution in [0.15, 0.2) is 78.4 Å². The summed E-state index contributed by atoms with van der Waals surface area (Å²) in [7, 11) is 1.53. The summed E-state index contributed by atoms with van der Waals surface area (Å²) in [6, 6.07) is 18.8. The fourth-order valence-electron chi connectivity index (χ4n) is 3.87. The first kappa shape index (κ1) is 20.8. The third-order valence-electron chi connectivity index (χ3n) is 5.47. The number of carbonyl (C=O) groups excluding carboxylic acids is 2. The van der Waals surface area contributed by atoms with E-state index < -0.39 is 23.5 Å². The summed E-state index contributed by atoms with van der Waals surface area (Å²) in [5.41, 5.74) is 1.49. The number of ether oxygens (including phenoxy) is 1. The Morgan fingerprint density at radius 1 is 1.06 bits per heavy atom. The molecule has 1 fully saturated rings. The lowest BCUT2D eigenvalue weighted by Gasteiger charge is -2.22. The Labute approximate surface area is 192 Å². The molecule has 1 aliphatic heterocycles. The van der Waals surface area contributed by atoms with E-state index in [1.165, 1.54) is 30.2 Å². The van der Waals surface area contributed by atoms with Crippen LogP contribution in [0.2, 0.25) is 0 Å². The normalized spacial score (nSPS) is 17.6. The predicted molar refractivity (Wildman–Crippen MR) is 124 cm³/mol. The molecule has 0 unspecified atom stereocenters. The molecule has 4 aromatic rings. The number of halogens is 1. The van der Waals surface area contributed by atoms with Gasteiger partial charge >= 0.3 is 5.91 Å². The van der Waals surface area contributed by atoms with Gasteiger partial charge in [-0.25, -0.2) is 9.37 Å². The molecule has 0 radical (unpaired) electrons. The molecule has 0 aliphatic carbocycles. The van der Waals surface area contributed by atoms with Crippen LogP contribution in [-0.4, -0.2) is 28.9 Å². The first-order valence-electron chi connectivity index (χ1n) is 10.0. The topological polar surface area (TPSA) is 79.7 Å². The van der Waals surface area contributed by atoms with E-state index in [0.717, 1.165) is 11.3 Å². The molecule has 2 heterocycles. The van der Waals surface area contributed by atoms with Gasteiger partial charge in [-0.2, -0.15) is 0 Å². The molecule has 1 atom stereocenters. The highest BCUT2D eigenvalue weighted by atomic mass is 32.1. The van der Waals surface area contributed by atoms with Crippen molar-refractivity contribution in [3.05, 3.63) is 95.3 Å². The van der Waals surface area contributed by atoms with Crippen molar-refractivity contribution >= 4 is 44.1 Å². The fraction of sp³-hybridized carbons (Fsp3) is 0.0800. The molecule has 33 heavy (non-hydrogen) atoms. The van der Waals surface area contributed by atoms with Crippen molar-refractivity contribution in [2.75, 3.05) is 12.0 Å². The van der Waals surface area contributed by atoms with Crippen molar-refractivity contribution in [2.24, 2.45) is 0 Å². The SMILES string of the molecule is COc1ccc(C(O)=C2C(=O)C(=O)N(c3nc4ccc(F)cc4s3)[C@@H]2c2ccccc2)cc1. The van der Waals surface area contributed by atoms with Gasteiger partial charge in [0.25, 0.3) is 5.78 Å². The molecule has 1 amide bonds. The summed E-state index contributed by atoms with van der Waals surface area (Å²) in [4.78, 5) is 32.1. The standard InChI is InChI=1S/C25H17FN2O4S/c1-32-17-10-7-15(8-11-17)22(29)20-21(14-5-3-2-4-6-14)28(24(31)23(20)30)25-27-18-12-9-16(26)13-19(18)33-25/h2-13,21,29H,1H3/t21-/m1/s1. The number of Topliss-reactive ketones (excluding diaryl/α,β-unsaturated/α-hetero) is 1. The number of hydrogen-bond donors (Lipinski definition) is 1. The Hall–Kier alpha value is -4.04. The lowest BCUT2D eigenvalue weighted by atomic mass is 9.95. The van der Waals surface area contributed by atoms with Crippen molar-refractivity contribution in [2.45, 2.75) is 6.04 Å². The smallest absolute Gasteiger partial charge is 0.301 e. The van der Waals surface area contributed by atoms with Crippen LogP contribution >= 0.6 is 11.3 Å². The molecule has 1 aromatic heterocycles. The minimum Gasteiger partial charge on any atom is -0.507 e. The molecule has 0 spiro atoms. The number of amides is 1. The van der Waals surface area contributed by atoms with Crippen LogP contribution in [0.3, 0.4) is 0 Å². The Balaban J connectivity index is 1.70. The van der Waals surface area contributed by atoms with Crippen LogP contribution in [-0.2, 0) is 9.59 Å². The highest BCUT2D eigenvalue weighted by molar-refractivity contribution is 7.22. The Kier molecular flexibility index (Phi) is 5.14. The number of aliphatic hydroxyl groups is 1. The minimum atomic E-state index is -0.890. The van der Waals surface area contributed by atoms with E-state index in [-0.39, 0.29) is 16.5 Å². The molecule has 1 N–H and O–H groups in total. The maximum atomic E-state index is 13.7. The van der Waals surface area contributed by atoms with Crippen LogP contribution in [0.25, 0.3) is 16.0 Å². The van der Waals surface area contributed by atoms with Gasteiger partial charge in [-0.05, 0) is 48.0 Å². The lowest BCUT2D eigenvalue weighted by molar-refractivity contribution is -0.132. The quantitative estimate of drug-likeness (QED) is 0.261. The van der Waals surface area contributed by atoms with Crippen molar-refractivity contribution < 1.29 is 23.8 Å². The molecule has 8 heteroatoms. The summed E-state index contributed by atoms with van der Waals surface area (Å²) >= 11 is 1.11. The molecule has 164 valence electrons. The summed E-state index contributed by atoms with van der Waals surface area (Å²) in [5.74, 6) is -1.74. The molecule has 1 saturated heterocycles. The van der Waals surface area contributed by atoms with Crippen molar-refractivity contribution in [3.63, 3.8) is 0 Å². The van der Waals surface area contributed by atoms with Crippen LogP contribution in [0.4, 0.5) is 9.52 Å². The predicted octanol–water partition coefficient (Wildman–Crippen LogP) is 5.07. The second-order valence-corrected chi connectivity index (χ2v) is 8.43. The zero-order valence-corrected chi connectivity index (χ0v) is 18.2. The first-order chi connectivity index (χ1) is 16.0. The number of anilines is 1. The molecule has 0 bridgehead atoms. The molecule has 6 nitrogen and oxygen atoms in total. The highest BCUT2D eigenvalue weighted by Crippen LogP contribution is 2.44. The van der Waals surface area contributed by atoms with Crippen molar-refractivity contribution in [1.29, 1.82) is 0 Å². The van der Waals surface area contributed by atoms with Gasteiger partial charge in [-0.3, -0.25) is 14.5 Å². The average Bonchev–Trinajstić information content (AvgIpc) is 3.37. The number of fused-ring (bicyclic) bond motifs is 1. The van der Waals surface area contributed by atoms with E-state index in [1.54, 1.807) is 48.5 Å². The number of benzene rings is 3. The number of methoxy groups -OCH3 is 1. The second-order valence-electron chi connectivity index (χ2n) is 7.42. The number of rotatable bonds is 4. The number of hydrogen-bond acceptors (Lipinski definition) is 6. The van der Waals surface area contributed by atoms with E-state index in [4.69, 9.17) is 4.74 Å². The number of nitrogens with zero attached hydrogens (tertiary/aromatic N) is 2. The molecular formula is C25H17FN2O4S. The molecule has 1 aliphatic rings. The van der Waals surface area contributed by atoms with Crippen LogP contribution < -0.4 is 9.64 Å². The highest BCUT2D eigenvalue weighted by Gasteiger charge is 2.48. The van der Waals surface area contributed by atoms with E-state index in [0.29, 0.717) is 27.1 Å². The van der Waals surface area contributed by atoms with Gasteiger partial charge in [-0.1, -0.05) is 41.7 Å². The fourth-order valence-corrected chi connectivity index (χ4v) is 4.89. The molecular weight excluding hydrogens is 443 g/mol. The summed E-state index contributed by atoms with van der Waals surface area (Å²) in [6.07, 6.45) is 0. The Morgan fingerprint density at radius 3 is 2.48 bits per heavy atom. The van der Waals surface area contributed by atoms with Crippen molar-refractivity contribution in [3.8, 4) is 5.75 Å². The largest absolute Gasteiger partial charge is 0.507 e. The average molecular weight is 460 g/mol. The van der Waals surface area contributed by atoms with Crippen molar-refractivity contribution in [1.82, 2.24) is 4.98 Å². The zero-order valence-electron chi connectivity index (χ0n) is 17.4. The molecule has 5 rings (SSSR count). The Bertz CT molecular complexity index is 1410. The first-order valence-corrected chi connectivity index (χ1v) is 10.9. The summed E-state index contributed by atoms with van der Waals surface area (Å²) in [6.45, 7) is 0. The van der Waals surface area contributed by atoms with Gasteiger partial charge < -0.3 is 9.84 Å². The van der Waals surface area contributed by atoms with Gasteiger partial charge in [-0.15, -0.1) is 0 Å². The van der Waals surface area contributed by atoms with Gasteiger partial charge in [0.1, 0.15) is 17.3 Å². The molecule has 0 saturated carbocycles. The number of thiazole rings is 1. The van der Waals surface area contributed by atoms with E-state index in [2.05, 4.69) is 4.98 Å². The summed E-state index contributed by atoms with van der Waals surface area (Å²) in [5, 5.41) is 11.4. The lowest BCUT2D eigenvalue weighted by Crippen LogP contribution is -2.29. The van der Waals surface area contributed by atoms with Gasteiger partial charge in [0.05, 0.1) is 28.9 Å². The minimum absolute atomic E-state index is 0.0400. The van der Waals surface area contributed by atoms with Gasteiger partial charge in [0.2, 0.25) is 0 Å². The number of ketones is 1. The number of aromatic nitrogens is 1. The monoisotopic (exact) mass is 460 g/mol. The van der Waals surface area contributed by atoms with Crippen LogP contribution in [0.1, 0.15) is 17.2 Å². The Morgan fingerprint density at radius 2 is 1.79 bits per heavy atom. The second kappa shape index (κ2) is 8.14. The van der Waals surface area contributed by atoms with Gasteiger partial charge in [0, 0.05) is 5.56 Å². The number of carbonyl (C=O) groups is 2. The van der Waals surface area contributed by atoms with E-state index in [1.807, 2.05) is 6.07 Å². The third-order valence-corrected chi connectivity index (χ3v) is 6.49. The number of aliphatic hydroxyl groups excluding tert-OH is 1. The maximum Gasteiger partial charge on any atom is 0.301 e. The van der Waals surface area contributed by atoms with Crippen LogP contribution in [0.5, 0.6) is 5.75 Å². The van der Waals surface area contributed by atoms with Gasteiger partial charge in [0.15, 0.2) is 5.13 Å². The third kappa shape index (κ3) is 3.54. The maximum absolute atomic E-state index is 13.7.